The molecule has 1 amide bonds. The maximum Gasteiger partial charge on any atom is 0.251 e. The number of carbonyl (C=O) groups is 1. The molecule has 0 fully saturated rings. The van der Waals surface area contributed by atoms with Gasteiger partial charge in [0.25, 0.3) is 5.91 Å². The molecule has 1 aromatic rings. The normalized spacial score (nSPS) is 11.4. The van der Waals surface area contributed by atoms with Crippen molar-refractivity contribution in [3.05, 3.63) is 29.3 Å². The van der Waals surface area contributed by atoms with Crippen LogP contribution in [0, 0.1) is 17.0 Å². The van der Waals surface area contributed by atoms with Crippen LogP contribution in [0.2, 0.25) is 0 Å². The molecule has 18 heavy (non-hydrogen) atoms. The lowest BCUT2D eigenvalue weighted by Crippen LogP contribution is -2.16. The molecule has 0 spiro atoms. The lowest BCUT2D eigenvalue weighted by molar-refractivity contribution is 0.0996. The average molecular weight is 256 g/mol. The van der Waals surface area contributed by atoms with E-state index in [1.165, 1.54) is 0 Å². The Labute approximate surface area is 105 Å². The minimum Gasteiger partial charge on any atom is -0.383 e. The molecule has 0 bridgehead atoms. The van der Waals surface area contributed by atoms with Gasteiger partial charge in [-0.3, -0.25) is 4.79 Å². The number of hydrogen-bond donors (Lipinski definition) is 2. The van der Waals surface area contributed by atoms with E-state index in [1.54, 1.807) is 0 Å². The molecule has 0 atom stereocenters. The Kier molecular flexibility index (Phi) is 4.27. The zero-order valence-corrected chi connectivity index (χ0v) is 10.8. The first-order valence-corrected chi connectivity index (χ1v) is 5.73. The third kappa shape index (κ3) is 3.98. The van der Waals surface area contributed by atoms with Crippen LogP contribution >= 0.6 is 0 Å². The molecule has 0 radical (unpaired) electrons. The molecule has 0 saturated carbocycles. The van der Waals surface area contributed by atoms with E-state index in [4.69, 9.17) is 5.73 Å². The summed E-state index contributed by atoms with van der Waals surface area (Å²) in [4.78, 5) is 11.0. The number of primary amides is 1. The number of nitrogens with two attached hydrogens (primary N) is 1. The summed E-state index contributed by atoms with van der Waals surface area (Å²) in [6.45, 7) is 6.71. The summed E-state index contributed by atoms with van der Waals surface area (Å²) in [5, 5.41) is 2.84. The first-order chi connectivity index (χ1) is 8.20. The van der Waals surface area contributed by atoms with Gasteiger partial charge in [-0.2, -0.15) is 0 Å². The highest BCUT2D eigenvalue weighted by molar-refractivity contribution is 5.94. The maximum atomic E-state index is 13.5. The van der Waals surface area contributed by atoms with Gasteiger partial charge in [0.1, 0.15) is 11.6 Å². The van der Waals surface area contributed by atoms with E-state index in [2.05, 4.69) is 26.1 Å². The quantitative estimate of drug-likeness (QED) is 0.870. The van der Waals surface area contributed by atoms with E-state index in [9.17, 15) is 13.6 Å². The summed E-state index contributed by atoms with van der Waals surface area (Å²) in [5.41, 5.74) is 4.89. The number of nitrogens with one attached hydrogen (secondary N) is 1. The van der Waals surface area contributed by atoms with Gasteiger partial charge in [-0.1, -0.05) is 20.8 Å². The largest absolute Gasteiger partial charge is 0.383 e. The predicted octanol–water partition coefficient (Wildman–Crippen LogP) is 2.91. The van der Waals surface area contributed by atoms with Crippen LogP contribution in [0.15, 0.2) is 12.1 Å². The summed E-state index contributed by atoms with van der Waals surface area (Å²) in [6.07, 6.45) is 0.815. The van der Waals surface area contributed by atoms with Gasteiger partial charge in [-0.15, -0.1) is 0 Å². The third-order valence-electron chi connectivity index (χ3n) is 2.51. The first kappa shape index (κ1) is 14.4. The molecular weight excluding hydrogens is 238 g/mol. The van der Waals surface area contributed by atoms with E-state index in [-0.39, 0.29) is 16.7 Å². The Hall–Kier alpha value is -1.65. The highest BCUT2D eigenvalue weighted by atomic mass is 19.1. The van der Waals surface area contributed by atoms with Gasteiger partial charge in [-0.25, -0.2) is 8.78 Å². The topological polar surface area (TPSA) is 55.1 Å². The second-order valence-corrected chi connectivity index (χ2v) is 5.41. The Morgan fingerprint density at radius 3 is 2.39 bits per heavy atom. The molecule has 1 aromatic carbocycles. The Balaban J connectivity index is 2.83. The number of hydrogen-bond acceptors (Lipinski definition) is 2. The molecular formula is C13H18F2N2O. The third-order valence-corrected chi connectivity index (χ3v) is 2.51. The van der Waals surface area contributed by atoms with E-state index in [1.807, 2.05) is 0 Å². The molecule has 1 rings (SSSR count). The summed E-state index contributed by atoms with van der Waals surface area (Å²) in [6, 6.07) is 1.77. The molecule has 3 N–H and O–H groups in total. The number of halogens is 2. The zero-order valence-electron chi connectivity index (χ0n) is 10.8. The van der Waals surface area contributed by atoms with Crippen molar-refractivity contribution in [2.45, 2.75) is 27.2 Å². The molecule has 5 heteroatoms. The van der Waals surface area contributed by atoms with Crippen molar-refractivity contribution in [1.82, 2.24) is 0 Å². The summed E-state index contributed by atoms with van der Waals surface area (Å²) in [7, 11) is 0. The van der Waals surface area contributed by atoms with Crippen LogP contribution in [0.3, 0.4) is 0 Å². The summed E-state index contributed by atoms with van der Waals surface area (Å²) < 4.78 is 26.7. The van der Waals surface area contributed by atoms with Crippen molar-refractivity contribution in [3.8, 4) is 0 Å². The standard InChI is InChI=1S/C13H18F2N2O/c1-13(2,3)4-5-17-11-6-8(12(16)18)9(14)7-10(11)15/h6-7,17H,4-5H2,1-3H3,(H2,16,18). The number of amides is 1. The van der Waals surface area contributed by atoms with Crippen molar-refractivity contribution in [1.29, 1.82) is 0 Å². The van der Waals surface area contributed by atoms with Gasteiger partial charge in [-0.05, 0) is 17.9 Å². The van der Waals surface area contributed by atoms with Crippen LogP contribution in [0.25, 0.3) is 0 Å². The maximum absolute atomic E-state index is 13.5. The van der Waals surface area contributed by atoms with Gasteiger partial charge in [0.2, 0.25) is 0 Å². The van der Waals surface area contributed by atoms with Crippen molar-refractivity contribution < 1.29 is 13.6 Å². The van der Waals surface area contributed by atoms with Crippen molar-refractivity contribution in [2.75, 3.05) is 11.9 Å². The second-order valence-electron chi connectivity index (χ2n) is 5.41. The number of benzene rings is 1. The first-order valence-electron chi connectivity index (χ1n) is 5.73. The molecule has 0 heterocycles. The summed E-state index contributed by atoms with van der Waals surface area (Å²) >= 11 is 0. The van der Waals surface area contributed by atoms with E-state index in [0.717, 1.165) is 12.5 Å². The molecule has 0 aliphatic rings. The fourth-order valence-electron chi connectivity index (χ4n) is 1.45. The van der Waals surface area contributed by atoms with Gasteiger partial charge in [0.15, 0.2) is 0 Å². The predicted molar refractivity (Wildman–Crippen MR) is 67.4 cm³/mol. The van der Waals surface area contributed by atoms with Crippen molar-refractivity contribution >= 4 is 11.6 Å². The van der Waals surface area contributed by atoms with E-state index >= 15 is 0 Å². The molecule has 100 valence electrons. The number of rotatable bonds is 4. The van der Waals surface area contributed by atoms with Crippen LogP contribution in [0.4, 0.5) is 14.5 Å². The minimum absolute atomic E-state index is 0.0921. The van der Waals surface area contributed by atoms with Crippen LogP contribution < -0.4 is 11.1 Å². The van der Waals surface area contributed by atoms with E-state index in [0.29, 0.717) is 12.6 Å². The van der Waals surface area contributed by atoms with E-state index < -0.39 is 17.5 Å². The van der Waals surface area contributed by atoms with Crippen molar-refractivity contribution in [3.63, 3.8) is 0 Å². The molecule has 3 nitrogen and oxygen atoms in total. The lowest BCUT2D eigenvalue weighted by Gasteiger charge is -2.19. The minimum atomic E-state index is -0.943. The fraction of sp³-hybridized carbons (Fsp3) is 0.462. The Morgan fingerprint density at radius 1 is 1.28 bits per heavy atom. The summed E-state index contributed by atoms with van der Waals surface area (Å²) in [5.74, 6) is -2.58. The fourth-order valence-corrected chi connectivity index (χ4v) is 1.45. The number of anilines is 1. The Bertz CT molecular complexity index is 453. The highest BCUT2D eigenvalue weighted by Gasteiger charge is 2.14. The molecule has 0 unspecified atom stereocenters. The van der Waals surface area contributed by atoms with Crippen LogP contribution in [-0.4, -0.2) is 12.5 Å². The van der Waals surface area contributed by atoms with Gasteiger partial charge >= 0.3 is 0 Å². The monoisotopic (exact) mass is 256 g/mol. The second kappa shape index (κ2) is 5.33. The van der Waals surface area contributed by atoms with Crippen LogP contribution in [-0.2, 0) is 0 Å². The molecule has 0 aliphatic carbocycles. The van der Waals surface area contributed by atoms with Gasteiger partial charge < -0.3 is 11.1 Å². The smallest absolute Gasteiger partial charge is 0.251 e. The van der Waals surface area contributed by atoms with Crippen LogP contribution in [0.1, 0.15) is 37.6 Å². The molecule has 0 aliphatic heterocycles. The van der Waals surface area contributed by atoms with Crippen LogP contribution in [0.5, 0.6) is 0 Å². The SMILES string of the molecule is CC(C)(C)CCNc1cc(C(N)=O)c(F)cc1F. The lowest BCUT2D eigenvalue weighted by atomic mass is 9.92. The van der Waals surface area contributed by atoms with Gasteiger partial charge in [0.05, 0.1) is 11.3 Å². The average Bonchev–Trinajstić information content (AvgIpc) is 2.18. The number of carbonyl (C=O) groups excluding carboxylic acids is 1. The highest BCUT2D eigenvalue weighted by Crippen LogP contribution is 2.22. The van der Waals surface area contributed by atoms with Crippen molar-refractivity contribution in [2.24, 2.45) is 11.1 Å². The molecule has 0 saturated heterocycles. The molecule has 0 aromatic heterocycles. The Morgan fingerprint density at radius 2 is 1.89 bits per heavy atom. The zero-order chi connectivity index (χ0) is 13.9. The van der Waals surface area contributed by atoms with Gasteiger partial charge in [0, 0.05) is 12.6 Å².